The maximum absolute atomic E-state index is 11.7. The summed E-state index contributed by atoms with van der Waals surface area (Å²) in [4.78, 5) is 31.6. The number of nitrogens with zero attached hydrogens (tertiary/aromatic N) is 2. The van der Waals surface area contributed by atoms with E-state index in [-0.39, 0.29) is 17.5 Å². The number of carbonyl (C=O) groups excluding carboxylic acids is 2. The standard InChI is InChI=1S/C15H25N5O4/c1-6-7-8-16-13-17-10(12(21)23-5)9-11(18-13)19-20-14(22)24-15(2,3)4/h9H,6-8H2,1-5H3,(H,20,22)(H2,16,17,18,19). The van der Waals surface area contributed by atoms with E-state index in [9.17, 15) is 9.59 Å². The number of esters is 1. The summed E-state index contributed by atoms with van der Waals surface area (Å²) in [5.74, 6) is -0.105. The second kappa shape index (κ2) is 8.90. The normalized spacial score (nSPS) is 10.7. The Hall–Kier alpha value is -2.58. The van der Waals surface area contributed by atoms with Crippen LogP contribution in [0.4, 0.5) is 16.6 Å². The lowest BCUT2D eigenvalue weighted by Crippen LogP contribution is -2.36. The highest BCUT2D eigenvalue weighted by molar-refractivity contribution is 5.88. The zero-order chi connectivity index (χ0) is 18.2. The molecule has 0 fully saturated rings. The van der Waals surface area contributed by atoms with Gasteiger partial charge in [0.2, 0.25) is 5.95 Å². The molecule has 9 nitrogen and oxygen atoms in total. The van der Waals surface area contributed by atoms with E-state index in [1.54, 1.807) is 20.8 Å². The molecule has 0 unspecified atom stereocenters. The van der Waals surface area contributed by atoms with Crippen molar-refractivity contribution >= 4 is 23.8 Å². The first-order chi connectivity index (χ1) is 11.2. The van der Waals surface area contributed by atoms with Crippen LogP contribution in [0.3, 0.4) is 0 Å². The molecule has 0 saturated heterocycles. The fourth-order valence-electron chi connectivity index (χ4n) is 1.60. The highest BCUT2D eigenvalue weighted by Crippen LogP contribution is 2.11. The van der Waals surface area contributed by atoms with Crippen molar-refractivity contribution in [1.29, 1.82) is 0 Å². The van der Waals surface area contributed by atoms with Crippen molar-refractivity contribution < 1.29 is 19.1 Å². The SMILES string of the molecule is CCCCNc1nc(NNC(=O)OC(C)(C)C)cc(C(=O)OC)n1. The van der Waals surface area contributed by atoms with Gasteiger partial charge in [-0.15, -0.1) is 0 Å². The number of hydrazine groups is 1. The van der Waals surface area contributed by atoms with Gasteiger partial charge in [-0.1, -0.05) is 13.3 Å². The summed E-state index contributed by atoms with van der Waals surface area (Å²) in [6.45, 7) is 7.98. The van der Waals surface area contributed by atoms with Gasteiger partial charge in [0.05, 0.1) is 7.11 Å². The van der Waals surface area contributed by atoms with Crippen molar-refractivity contribution in [2.45, 2.75) is 46.1 Å². The molecule has 0 spiro atoms. The van der Waals surface area contributed by atoms with Crippen LogP contribution in [0.15, 0.2) is 6.07 Å². The van der Waals surface area contributed by atoms with Crippen LogP contribution in [-0.4, -0.2) is 41.3 Å². The van der Waals surface area contributed by atoms with Crippen LogP contribution in [0.25, 0.3) is 0 Å². The summed E-state index contributed by atoms with van der Waals surface area (Å²) in [6.07, 6.45) is 1.28. The van der Waals surface area contributed by atoms with Gasteiger partial charge in [-0.2, -0.15) is 4.98 Å². The first kappa shape index (κ1) is 19.5. The minimum Gasteiger partial charge on any atom is -0.464 e. The molecule has 3 N–H and O–H groups in total. The van der Waals surface area contributed by atoms with Gasteiger partial charge in [-0.25, -0.2) is 20.0 Å². The van der Waals surface area contributed by atoms with Crippen LogP contribution in [0.1, 0.15) is 51.0 Å². The van der Waals surface area contributed by atoms with E-state index < -0.39 is 17.7 Å². The number of unbranched alkanes of at least 4 members (excludes halogenated alkanes) is 1. The first-order valence-corrected chi connectivity index (χ1v) is 7.71. The van der Waals surface area contributed by atoms with E-state index in [2.05, 4.69) is 37.8 Å². The predicted molar refractivity (Wildman–Crippen MR) is 89.8 cm³/mol. The Morgan fingerprint density at radius 1 is 1.25 bits per heavy atom. The topological polar surface area (TPSA) is 114 Å². The van der Waals surface area contributed by atoms with Gasteiger partial charge >= 0.3 is 12.1 Å². The van der Waals surface area contributed by atoms with Crippen molar-refractivity contribution in [3.8, 4) is 0 Å². The van der Waals surface area contributed by atoms with Crippen LogP contribution in [0.5, 0.6) is 0 Å². The van der Waals surface area contributed by atoms with Crippen molar-refractivity contribution in [2.75, 3.05) is 24.4 Å². The van der Waals surface area contributed by atoms with Gasteiger partial charge in [-0.3, -0.25) is 5.43 Å². The number of ether oxygens (including phenoxy) is 2. The summed E-state index contributed by atoms with van der Waals surface area (Å²) in [6, 6.07) is 1.37. The third-order valence-electron chi connectivity index (χ3n) is 2.63. The number of amides is 1. The van der Waals surface area contributed by atoms with E-state index in [1.165, 1.54) is 13.2 Å². The van der Waals surface area contributed by atoms with Crippen LogP contribution in [0, 0.1) is 0 Å². The Labute approximate surface area is 141 Å². The minimum absolute atomic E-state index is 0.0694. The monoisotopic (exact) mass is 339 g/mol. The third-order valence-corrected chi connectivity index (χ3v) is 2.63. The fourth-order valence-corrected chi connectivity index (χ4v) is 1.60. The Bertz CT molecular complexity index is 571. The molecular formula is C15H25N5O4. The van der Waals surface area contributed by atoms with Crippen molar-refractivity contribution in [1.82, 2.24) is 15.4 Å². The molecule has 1 rings (SSSR count). The largest absolute Gasteiger partial charge is 0.464 e. The molecule has 1 heterocycles. The van der Waals surface area contributed by atoms with Gasteiger partial charge in [0.15, 0.2) is 11.5 Å². The minimum atomic E-state index is -0.666. The van der Waals surface area contributed by atoms with Crippen LogP contribution in [0.2, 0.25) is 0 Å². The number of carbonyl (C=O) groups is 2. The van der Waals surface area contributed by atoms with Crippen LogP contribution >= 0.6 is 0 Å². The number of hydrogen-bond donors (Lipinski definition) is 3. The van der Waals surface area contributed by atoms with E-state index in [1.807, 2.05) is 0 Å². The lowest BCUT2D eigenvalue weighted by molar-refractivity contribution is 0.0539. The molecule has 0 aliphatic rings. The molecule has 0 saturated carbocycles. The molecule has 24 heavy (non-hydrogen) atoms. The number of hydrogen-bond acceptors (Lipinski definition) is 8. The Balaban J connectivity index is 2.82. The number of anilines is 2. The van der Waals surface area contributed by atoms with Gasteiger partial charge in [0.1, 0.15) is 5.60 Å². The lowest BCUT2D eigenvalue weighted by atomic mass is 10.2. The molecule has 1 amide bonds. The first-order valence-electron chi connectivity index (χ1n) is 7.71. The molecule has 0 bridgehead atoms. The average Bonchev–Trinajstić information content (AvgIpc) is 2.50. The molecular weight excluding hydrogens is 314 g/mol. The second-order valence-corrected chi connectivity index (χ2v) is 5.99. The summed E-state index contributed by atoms with van der Waals surface area (Å²) >= 11 is 0. The average molecular weight is 339 g/mol. The summed E-state index contributed by atoms with van der Waals surface area (Å²) in [7, 11) is 1.26. The summed E-state index contributed by atoms with van der Waals surface area (Å²) < 4.78 is 9.77. The van der Waals surface area contributed by atoms with Gasteiger partial charge in [0, 0.05) is 12.6 Å². The fraction of sp³-hybridized carbons (Fsp3) is 0.600. The highest BCUT2D eigenvalue weighted by atomic mass is 16.6. The predicted octanol–water partition coefficient (Wildman–Crippen LogP) is 2.33. The van der Waals surface area contributed by atoms with E-state index in [0.717, 1.165) is 12.8 Å². The zero-order valence-corrected chi connectivity index (χ0v) is 14.7. The smallest absolute Gasteiger partial charge is 0.426 e. The molecule has 0 atom stereocenters. The summed E-state index contributed by atoms with van der Waals surface area (Å²) in [5.41, 5.74) is 4.39. The van der Waals surface area contributed by atoms with Crippen molar-refractivity contribution in [3.05, 3.63) is 11.8 Å². The molecule has 1 aromatic rings. The zero-order valence-electron chi connectivity index (χ0n) is 14.7. The van der Waals surface area contributed by atoms with Gasteiger partial charge in [0.25, 0.3) is 0 Å². The molecule has 134 valence electrons. The number of rotatable bonds is 7. The second-order valence-electron chi connectivity index (χ2n) is 5.99. The maximum Gasteiger partial charge on any atom is 0.426 e. The molecule has 9 heteroatoms. The molecule has 0 radical (unpaired) electrons. The molecule has 0 aliphatic heterocycles. The van der Waals surface area contributed by atoms with Crippen LogP contribution in [-0.2, 0) is 9.47 Å². The number of aromatic nitrogens is 2. The van der Waals surface area contributed by atoms with E-state index in [0.29, 0.717) is 6.54 Å². The van der Waals surface area contributed by atoms with Crippen molar-refractivity contribution in [3.63, 3.8) is 0 Å². The van der Waals surface area contributed by atoms with Crippen molar-refractivity contribution in [2.24, 2.45) is 0 Å². The van der Waals surface area contributed by atoms with Crippen LogP contribution < -0.4 is 16.2 Å². The molecule has 0 aromatic carbocycles. The third kappa shape index (κ3) is 7.12. The summed E-state index contributed by atoms with van der Waals surface area (Å²) in [5, 5.41) is 3.02. The highest BCUT2D eigenvalue weighted by Gasteiger charge is 2.17. The van der Waals surface area contributed by atoms with E-state index in [4.69, 9.17) is 4.74 Å². The Morgan fingerprint density at radius 3 is 2.54 bits per heavy atom. The molecule has 0 aliphatic carbocycles. The van der Waals surface area contributed by atoms with Gasteiger partial charge in [-0.05, 0) is 27.2 Å². The van der Waals surface area contributed by atoms with E-state index >= 15 is 0 Å². The maximum atomic E-state index is 11.7. The molecule has 1 aromatic heterocycles. The number of nitrogens with one attached hydrogen (secondary N) is 3. The number of methoxy groups -OCH3 is 1. The van der Waals surface area contributed by atoms with Gasteiger partial charge < -0.3 is 14.8 Å². The Kier molecular flexibility index (Phi) is 7.22. The lowest BCUT2D eigenvalue weighted by Gasteiger charge is -2.20. The Morgan fingerprint density at radius 2 is 1.96 bits per heavy atom. The quantitative estimate of drug-likeness (QED) is 0.394.